The molecule has 37 heavy (non-hydrogen) atoms. The Morgan fingerprint density at radius 1 is 1.11 bits per heavy atom. The molecule has 3 heterocycles. The lowest BCUT2D eigenvalue weighted by Gasteiger charge is -2.43. The molecule has 2 aromatic heterocycles. The first kappa shape index (κ1) is 25.5. The highest BCUT2D eigenvalue weighted by molar-refractivity contribution is 7.13. The summed E-state index contributed by atoms with van der Waals surface area (Å²) >= 11 is 8.18. The van der Waals surface area contributed by atoms with Gasteiger partial charge in [0.25, 0.3) is 5.91 Å². The number of H-pyrrole nitrogens is 1. The number of anilines is 2. The summed E-state index contributed by atoms with van der Waals surface area (Å²) in [6.45, 7) is 10.5. The van der Waals surface area contributed by atoms with Crippen LogP contribution in [0.25, 0.3) is 22.0 Å². The number of hydrogen-bond donors (Lipinski definition) is 2. The van der Waals surface area contributed by atoms with Gasteiger partial charge in [0.2, 0.25) is 0 Å². The zero-order chi connectivity index (χ0) is 26.3. The molecule has 0 spiro atoms. The number of aryl methyl sites for hydroxylation is 2. The van der Waals surface area contributed by atoms with E-state index in [0.717, 1.165) is 40.5 Å². The second-order valence-corrected chi connectivity index (χ2v) is 11.4. The number of aromatic amines is 1. The van der Waals surface area contributed by atoms with Crippen molar-refractivity contribution >= 4 is 40.2 Å². The number of nitrogens with one attached hydrogen (secondary N) is 2. The predicted octanol–water partition coefficient (Wildman–Crippen LogP) is 6.86. The third-order valence-corrected chi connectivity index (χ3v) is 8.64. The van der Waals surface area contributed by atoms with Gasteiger partial charge in [-0.25, -0.2) is 4.98 Å². The van der Waals surface area contributed by atoms with Crippen LogP contribution in [0.4, 0.5) is 11.4 Å². The van der Waals surface area contributed by atoms with Gasteiger partial charge in [0.1, 0.15) is 5.82 Å². The van der Waals surface area contributed by atoms with Crippen molar-refractivity contribution in [1.82, 2.24) is 14.9 Å². The average Bonchev–Trinajstić information content (AvgIpc) is 3.52. The van der Waals surface area contributed by atoms with Crippen molar-refractivity contribution in [3.05, 3.63) is 75.8 Å². The zero-order valence-electron chi connectivity index (χ0n) is 21.8. The van der Waals surface area contributed by atoms with Crippen molar-refractivity contribution in [2.45, 2.75) is 39.8 Å². The highest BCUT2D eigenvalue weighted by atomic mass is 35.5. The highest BCUT2D eigenvalue weighted by Gasteiger charge is 2.27. The van der Waals surface area contributed by atoms with Gasteiger partial charge in [0, 0.05) is 47.7 Å². The van der Waals surface area contributed by atoms with Crippen LogP contribution in [0, 0.1) is 13.8 Å². The Bertz CT molecular complexity index is 1430. The van der Waals surface area contributed by atoms with Crippen molar-refractivity contribution < 1.29 is 4.79 Å². The van der Waals surface area contributed by atoms with Gasteiger partial charge < -0.3 is 15.2 Å². The number of aromatic nitrogens is 2. The number of benzene rings is 2. The number of amides is 1. The van der Waals surface area contributed by atoms with Crippen molar-refractivity contribution in [3.8, 4) is 22.0 Å². The Kier molecular flexibility index (Phi) is 7.12. The van der Waals surface area contributed by atoms with Crippen LogP contribution in [0.3, 0.4) is 0 Å². The van der Waals surface area contributed by atoms with Crippen LogP contribution in [-0.2, 0) is 0 Å². The van der Waals surface area contributed by atoms with Gasteiger partial charge >= 0.3 is 0 Å². The lowest BCUT2D eigenvalue weighted by Crippen LogP contribution is -2.55. The Hall–Kier alpha value is -3.13. The normalized spacial score (nSPS) is 18.3. The topological polar surface area (TPSA) is 64.3 Å². The number of carbonyl (C=O) groups is 1. The minimum Gasteiger partial charge on any atom is -0.368 e. The van der Waals surface area contributed by atoms with E-state index in [2.05, 4.69) is 76.5 Å². The minimum atomic E-state index is -0.147. The molecule has 1 aliphatic rings. The maximum Gasteiger partial charge on any atom is 0.255 e. The van der Waals surface area contributed by atoms with E-state index in [0.29, 0.717) is 34.2 Å². The van der Waals surface area contributed by atoms with E-state index < -0.39 is 0 Å². The summed E-state index contributed by atoms with van der Waals surface area (Å²) in [6.07, 6.45) is 1.81. The van der Waals surface area contributed by atoms with Crippen LogP contribution < -0.4 is 10.2 Å². The highest BCUT2D eigenvalue weighted by Crippen LogP contribution is 2.32. The number of hydrogen-bond acceptors (Lipinski definition) is 5. The lowest BCUT2D eigenvalue weighted by atomic mass is 10.0. The number of piperazine rings is 1. The number of carbonyl (C=O) groups excluding carboxylic acids is 1. The van der Waals surface area contributed by atoms with Crippen LogP contribution in [0.5, 0.6) is 0 Å². The fourth-order valence-corrected chi connectivity index (χ4v) is 5.93. The van der Waals surface area contributed by atoms with Crippen molar-refractivity contribution in [2.75, 3.05) is 30.4 Å². The summed E-state index contributed by atoms with van der Waals surface area (Å²) in [5, 5.41) is 5.72. The first-order valence-corrected chi connectivity index (χ1v) is 13.7. The molecule has 0 radical (unpaired) electrons. The molecule has 8 heteroatoms. The molecule has 1 fully saturated rings. The van der Waals surface area contributed by atoms with Gasteiger partial charge in [-0.1, -0.05) is 11.6 Å². The first-order chi connectivity index (χ1) is 17.7. The summed E-state index contributed by atoms with van der Waals surface area (Å²) in [4.78, 5) is 27.1. The van der Waals surface area contributed by atoms with Crippen LogP contribution in [0.2, 0.25) is 5.02 Å². The van der Waals surface area contributed by atoms with E-state index in [1.807, 2.05) is 31.3 Å². The number of imidazole rings is 1. The van der Waals surface area contributed by atoms with Crippen molar-refractivity contribution in [3.63, 3.8) is 0 Å². The van der Waals surface area contributed by atoms with Gasteiger partial charge in [-0.05, 0) is 93.7 Å². The number of likely N-dealkylation sites (N-methyl/N-ethyl adjacent to an activating group) is 1. The summed E-state index contributed by atoms with van der Waals surface area (Å²) in [5.41, 5.74) is 6.33. The van der Waals surface area contributed by atoms with Crippen LogP contribution in [0.15, 0.2) is 54.0 Å². The number of thiophene rings is 1. The molecule has 192 valence electrons. The molecule has 2 N–H and O–H groups in total. The minimum absolute atomic E-state index is 0.147. The predicted molar refractivity (Wildman–Crippen MR) is 155 cm³/mol. The first-order valence-electron chi connectivity index (χ1n) is 12.5. The molecule has 4 aromatic rings. The summed E-state index contributed by atoms with van der Waals surface area (Å²) in [5.74, 6) is 0.518. The fraction of sp³-hybridized carbons (Fsp3) is 0.310. The Balaban J connectivity index is 1.33. The lowest BCUT2D eigenvalue weighted by molar-refractivity contribution is 0.102. The summed E-state index contributed by atoms with van der Waals surface area (Å²) < 4.78 is 0. The summed E-state index contributed by atoms with van der Waals surface area (Å²) in [6, 6.07) is 14.6. The van der Waals surface area contributed by atoms with E-state index in [1.54, 1.807) is 17.4 Å². The van der Waals surface area contributed by atoms with Gasteiger partial charge in [0.15, 0.2) is 0 Å². The molecular formula is C29H32ClN5OS. The molecule has 1 saturated heterocycles. The van der Waals surface area contributed by atoms with Gasteiger partial charge in [0.05, 0.1) is 21.8 Å². The monoisotopic (exact) mass is 533 g/mol. The Labute approximate surface area is 227 Å². The SMILES string of the molecule is Cc1csc(-c2cnc(-c3cc(NC(=O)c4ccc(N5C[C@@H](C)N(C)[C@@H](C)C5)cc4C)ccc3Cl)[nH]2)c1. The van der Waals surface area contributed by atoms with Crippen LogP contribution in [-0.4, -0.2) is 53.0 Å². The third-order valence-electron chi connectivity index (χ3n) is 7.23. The molecule has 0 unspecified atom stereocenters. The van der Waals surface area contributed by atoms with Crippen LogP contribution >= 0.6 is 22.9 Å². The molecule has 2 atom stereocenters. The van der Waals surface area contributed by atoms with Gasteiger partial charge in [-0.15, -0.1) is 11.3 Å². The second kappa shape index (κ2) is 10.3. The van der Waals surface area contributed by atoms with E-state index in [9.17, 15) is 4.79 Å². The molecule has 0 saturated carbocycles. The molecule has 5 rings (SSSR count). The molecule has 0 bridgehead atoms. The molecular weight excluding hydrogens is 502 g/mol. The van der Waals surface area contributed by atoms with Crippen molar-refractivity contribution in [1.29, 1.82) is 0 Å². The average molecular weight is 534 g/mol. The Morgan fingerprint density at radius 2 is 1.86 bits per heavy atom. The number of rotatable bonds is 5. The van der Waals surface area contributed by atoms with E-state index in [1.165, 1.54) is 5.56 Å². The van der Waals surface area contributed by atoms with Gasteiger partial charge in [-0.2, -0.15) is 0 Å². The van der Waals surface area contributed by atoms with Crippen LogP contribution in [0.1, 0.15) is 35.3 Å². The maximum atomic E-state index is 13.2. The summed E-state index contributed by atoms with van der Waals surface area (Å²) in [7, 11) is 2.18. The number of halogens is 1. The third kappa shape index (κ3) is 5.30. The smallest absolute Gasteiger partial charge is 0.255 e. The molecule has 0 aliphatic carbocycles. The molecule has 6 nitrogen and oxygen atoms in total. The fourth-order valence-electron chi connectivity index (χ4n) is 4.85. The second-order valence-electron chi connectivity index (χ2n) is 10.1. The number of nitrogens with zero attached hydrogens (tertiary/aromatic N) is 3. The maximum absolute atomic E-state index is 13.2. The van der Waals surface area contributed by atoms with E-state index in [-0.39, 0.29) is 5.91 Å². The van der Waals surface area contributed by atoms with Gasteiger partial charge in [-0.3, -0.25) is 9.69 Å². The largest absolute Gasteiger partial charge is 0.368 e. The molecule has 1 aliphatic heterocycles. The molecule has 2 aromatic carbocycles. The van der Waals surface area contributed by atoms with E-state index >= 15 is 0 Å². The molecule has 1 amide bonds. The van der Waals surface area contributed by atoms with Crippen molar-refractivity contribution in [2.24, 2.45) is 0 Å². The Morgan fingerprint density at radius 3 is 2.54 bits per heavy atom. The zero-order valence-corrected chi connectivity index (χ0v) is 23.4. The quantitative estimate of drug-likeness (QED) is 0.294. The standard InChI is InChI=1S/C29H32ClN5OS/c1-17-10-27(37-16-17)26-13-31-28(33-26)24-12-21(6-9-25(24)30)32-29(36)23-8-7-22(11-18(23)2)35-14-19(3)34(5)20(4)15-35/h6-13,16,19-20H,14-15H2,1-5H3,(H,31,33)(H,32,36)/t19-,20+. The van der Waals surface area contributed by atoms with E-state index in [4.69, 9.17) is 11.6 Å².